The number of hydrogen-bond acceptors (Lipinski definition) is 4. The van der Waals surface area contributed by atoms with Gasteiger partial charge in [-0.15, -0.1) is 0 Å². The number of carbonyl (C=O) groups excluding carboxylic acids is 2. The molecule has 0 fully saturated rings. The van der Waals surface area contributed by atoms with Crippen LogP contribution in [0.4, 0.5) is 4.39 Å². The molecular formula is C30H32FN3O4. The lowest BCUT2D eigenvalue weighted by atomic mass is 10.1. The maximum absolute atomic E-state index is 13.8. The molecule has 1 aromatic heterocycles. The van der Waals surface area contributed by atoms with Gasteiger partial charge < -0.3 is 24.3 Å². The molecule has 1 N–H and O–H groups in total. The molecule has 0 radical (unpaired) electrons. The second kappa shape index (κ2) is 12.9. The minimum Gasteiger partial charge on any atom is -0.497 e. The number of halogens is 1. The topological polar surface area (TPSA) is 74.9 Å². The van der Waals surface area contributed by atoms with E-state index in [1.807, 2.05) is 48.7 Å². The predicted molar refractivity (Wildman–Crippen MR) is 145 cm³/mol. The molecule has 3 aromatic carbocycles. The number of benzene rings is 3. The van der Waals surface area contributed by atoms with E-state index in [1.165, 1.54) is 30.2 Å². The summed E-state index contributed by atoms with van der Waals surface area (Å²) in [5.41, 5.74) is 3.29. The summed E-state index contributed by atoms with van der Waals surface area (Å²) in [6.07, 6.45) is 2.61. The number of nitrogens with zero attached hydrogens (tertiary/aromatic N) is 2. The molecule has 0 aliphatic carbocycles. The van der Waals surface area contributed by atoms with Crippen molar-refractivity contribution in [2.24, 2.45) is 0 Å². The molecule has 0 saturated carbocycles. The number of H-pyrrole nitrogens is 1. The molecule has 4 aromatic rings. The van der Waals surface area contributed by atoms with E-state index in [1.54, 1.807) is 18.1 Å². The number of para-hydroxylation sites is 1. The average molecular weight is 518 g/mol. The normalized spacial score (nSPS) is 10.9. The summed E-state index contributed by atoms with van der Waals surface area (Å²) in [7, 11) is 3.14. The highest BCUT2D eigenvalue weighted by Crippen LogP contribution is 2.20. The van der Waals surface area contributed by atoms with Crippen molar-refractivity contribution in [2.75, 3.05) is 40.5 Å². The summed E-state index contributed by atoms with van der Waals surface area (Å²) in [5.74, 6) is -0.400. The Morgan fingerprint density at radius 1 is 0.921 bits per heavy atom. The van der Waals surface area contributed by atoms with Crippen LogP contribution < -0.4 is 4.74 Å². The van der Waals surface area contributed by atoms with E-state index in [-0.39, 0.29) is 31.2 Å². The van der Waals surface area contributed by atoms with Gasteiger partial charge in [-0.1, -0.05) is 36.4 Å². The summed E-state index contributed by atoms with van der Waals surface area (Å²) >= 11 is 0. The summed E-state index contributed by atoms with van der Waals surface area (Å²) in [5, 5.41) is 1.12. The van der Waals surface area contributed by atoms with Gasteiger partial charge in [0.2, 0.25) is 5.91 Å². The van der Waals surface area contributed by atoms with E-state index in [9.17, 15) is 14.0 Å². The molecule has 8 heteroatoms. The summed E-state index contributed by atoms with van der Waals surface area (Å²) in [6, 6.07) is 21.1. The van der Waals surface area contributed by atoms with Crippen LogP contribution in [0.5, 0.6) is 5.75 Å². The van der Waals surface area contributed by atoms with E-state index >= 15 is 0 Å². The van der Waals surface area contributed by atoms with Crippen LogP contribution in [0.3, 0.4) is 0 Å². The number of hydrogen-bond donors (Lipinski definition) is 1. The maximum atomic E-state index is 13.8. The van der Waals surface area contributed by atoms with E-state index in [0.29, 0.717) is 19.5 Å². The smallest absolute Gasteiger partial charge is 0.254 e. The highest BCUT2D eigenvalue weighted by Gasteiger charge is 2.23. The SMILES string of the molecule is COCCN(CC(=O)N(CCc1c[nH]c2ccccc12)Cc1ccc(OC)cc1)C(=O)c1cccc(F)c1. The molecule has 0 aliphatic rings. The third kappa shape index (κ3) is 6.77. The molecule has 7 nitrogen and oxygen atoms in total. The van der Waals surface area contributed by atoms with Crippen LogP contribution in [0.15, 0.2) is 79.0 Å². The zero-order valence-electron chi connectivity index (χ0n) is 21.7. The van der Waals surface area contributed by atoms with Crippen LogP contribution in [-0.2, 0) is 22.5 Å². The van der Waals surface area contributed by atoms with Gasteiger partial charge in [-0.05, 0) is 53.9 Å². The number of methoxy groups -OCH3 is 2. The van der Waals surface area contributed by atoms with Gasteiger partial charge in [-0.2, -0.15) is 0 Å². The van der Waals surface area contributed by atoms with E-state index in [0.717, 1.165) is 27.8 Å². The highest BCUT2D eigenvalue weighted by molar-refractivity contribution is 5.96. The number of carbonyl (C=O) groups is 2. The molecule has 4 rings (SSSR count). The predicted octanol–water partition coefficient (Wildman–Crippen LogP) is 4.68. The molecule has 0 bridgehead atoms. The Bertz CT molecular complexity index is 1370. The van der Waals surface area contributed by atoms with Crippen molar-refractivity contribution in [1.29, 1.82) is 0 Å². The Morgan fingerprint density at radius 2 is 1.71 bits per heavy atom. The van der Waals surface area contributed by atoms with Crippen molar-refractivity contribution in [2.45, 2.75) is 13.0 Å². The van der Waals surface area contributed by atoms with Gasteiger partial charge in [0.1, 0.15) is 18.1 Å². The summed E-state index contributed by atoms with van der Waals surface area (Å²) in [6.45, 7) is 1.14. The van der Waals surface area contributed by atoms with Gasteiger partial charge in [0.15, 0.2) is 0 Å². The number of nitrogens with one attached hydrogen (secondary N) is 1. The van der Waals surface area contributed by atoms with Crippen molar-refractivity contribution in [3.05, 3.63) is 102 Å². The number of fused-ring (bicyclic) bond motifs is 1. The Hall–Kier alpha value is -4.17. The van der Waals surface area contributed by atoms with Crippen LogP contribution in [0.1, 0.15) is 21.5 Å². The maximum Gasteiger partial charge on any atom is 0.254 e. The van der Waals surface area contributed by atoms with Gasteiger partial charge in [0.25, 0.3) is 5.91 Å². The molecule has 2 amide bonds. The van der Waals surface area contributed by atoms with E-state index < -0.39 is 11.7 Å². The van der Waals surface area contributed by atoms with E-state index in [4.69, 9.17) is 9.47 Å². The Balaban J connectivity index is 1.54. The van der Waals surface area contributed by atoms with Crippen LogP contribution in [0.2, 0.25) is 0 Å². The molecule has 0 spiro atoms. The number of amides is 2. The first-order chi connectivity index (χ1) is 18.5. The molecule has 0 aliphatic heterocycles. The fraction of sp³-hybridized carbons (Fsp3) is 0.267. The minimum atomic E-state index is -0.506. The third-order valence-corrected chi connectivity index (χ3v) is 6.46. The highest BCUT2D eigenvalue weighted by atomic mass is 19.1. The van der Waals surface area contributed by atoms with Crippen molar-refractivity contribution in [1.82, 2.24) is 14.8 Å². The zero-order valence-corrected chi connectivity index (χ0v) is 21.7. The largest absolute Gasteiger partial charge is 0.497 e. The number of aromatic nitrogens is 1. The van der Waals surface area contributed by atoms with Gasteiger partial charge in [-0.25, -0.2) is 4.39 Å². The van der Waals surface area contributed by atoms with Crippen LogP contribution >= 0.6 is 0 Å². The molecule has 1 heterocycles. The Morgan fingerprint density at radius 3 is 2.45 bits per heavy atom. The van der Waals surface area contributed by atoms with Crippen molar-refractivity contribution < 1.29 is 23.5 Å². The van der Waals surface area contributed by atoms with Gasteiger partial charge in [0, 0.05) is 49.4 Å². The fourth-order valence-corrected chi connectivity index (χ4v) is 4.36. The van der Waals surface area contributed by atoms with Gasteiger partial charge >= 0.3 is 0 Å². The first kappa shape index (κ1) is 26.9. The van der Waals surface area contributed by atoms with Gasteiger partial charge in [-0.3, -0.25) is 9.59 Å². The van der Waals surface area contributed by atoms with E-state index in [2.05, 4.69) is 11.1 Å². The second-order valence-electron chi connectivity index (χ2n) is 9.00. The summed E-state index contributed by atoms with van der Waals surface area (Å²) in [4.78, 5) is 33.3. The monoisotopic (exact) mass is 517 g/mol. The first-order valence-electron chi connectivity index (χ1n) is 12.5. The van der Waals surface area contributed by atoms with Crippen LogP contribution in [0, 0.1) is 5.82 Å². The molecule has 38 heavy (non-hydrogen) atoms. The molecule has 198 valence electrons. The van der Waals surface area contributed by atoms with Crippen molar-refractivity contribution in [3.8, 4) is 5.75 Å². The first-order valence-corrected chi connectivity index (χ1v) is 12.5. The number of rotatable bonds is 12. The number of ether oxygens (including phenoxy) is 2. The quantitative estimate of drug-likeness (QED) is 0.296. The van der Waals surface area contributed by atoms with Crippen molar-refractivity contribution in [3.63, 3.8) is 0 Å². The summed E-state index contributed by atoms with van der Waals surface area (Å²) < 4.78 is 24.2. The molecular weight excluding hydrogens is 485 g/mol. The Kier molecular flexibility index (Phi) is 9.11. The lowest BCUT2D eigenvalue weighted by Gasteiger charge is -2.28. The third-order valence-electron chi connectivity index (χ3n) is 6.46. The lowest BCUT2D eigenvalue weighted by molar-refractivity contribution is -0.132. The lowest BCUT2D eigenvalue weighted by Crippen LogP contribution is -2.44. The Labute approximate surface area is 221 Å². The van der Waals surface area contributed by atoms with Gasteiger partial charge in [0.05, 0.1) is 13.7 Å². The standard InChI is InChI=1S/C30H32FN3O4/c1-37-17-16-34(30(36)23-6-5-7-25(31)18-23)21-29(35)33(20-22-10-12-26(38-2)13-11-22)15-14-24-19-32-28-9-4-3-8-27(24)28/h3-13,18-19,32H,14-17,20-21H2,1-2H3. The van der Waals surface area contributed by atoms with Crippen LogP contribution in [-0.4, -0.2) is 67.1 Å². The van der Waals surface area contributed by atoms with Crippen LogP contribution in [0.25, 0.3) is 10.9 Å². The zero-order chi connectivity index (χ0) is 26.9. The molecule has 0 unspecified atom stereocenters. The van der Waals surface area contributed by atoms with Crippen molar-refractivity contribution >= 4 is 22.7 Å². The number of aromatic amines is 1. The molecule has 0 saturated heterocycles. The average Bonchev–Trinajstić information content (AvgIpc) is 3.36. The molecule has 0 atom stereocenters. The second-order valence-corrected chi connectivity index (χ2v) is 9.00. The fourth-order valence-electron chi connectivity index (χ4n) is 4.36. The minimum absolute atomic E-state index is 0.150.